The zero-order valence-electron chi connectivity index (χ0n) is 20.6. The van der Waals surface area contributed by atoms with Crippen molar-refractivity contribution in [1.29, 1.82) is 0 Å². The number of epoxide rings is 2. The first-order valence-corrected chi connectivity index (χ1v) is 11.8. The van der Waals surface area contributed by atoms with E-state index in [1.807, 2.05) is 13.8 Å². The first kappa shape index (κ1) is 25.2. The normalized spacial score (nSPS) is 36.5. The molecule has 0 bridgehead atoms. The van der Waals surface area contributed by atoms with Gasteiger partial charge in [-0.1, -0.05) is 25.5 Å². The van der Waals surface area contributed by atoms with Crippen molar-refractivity contribution in [3.63, 3.8) is 0 Å². The van der Waals surface area contributed by atoms with E-state index in [1.54, 1.807) is 7.11 Å². The molecule has 0 aromatic heterocycles. The Kier molecular flexibility index (Phi) is 7.73. The summed E-state index contributed by atoms with van der Waals surface area (Å²) in [5, 5.41) is 0. The van der Waals surface area contributed by atoms with Crippen LogP contribution in [0.2, 0.25) is 0 Å². The van der Waals surface area contributed by atoms with Crippen molar-refractivity contribution in [3.8, 4) is 0 Å². The molecule has 0 radical (unpaired) electrons. The van der Waals surface area contributed by atoms with Crippen LogP contribution in [0.1, 0.15) is 67.2 Å². The smallest absolute Gasteiger partial charge is 0.306 e. The standard InChI is InChI=1S/C25H40O7/c1-15(2)8-9-20-24(6,32-20)23-22(28-7)19(10-11-25(23)14-30-25)31-21(27)12-18(16(3)4)13-29-17(5)26/h8,16,18-20,22-23H,9-14H2,1-7H3/t18-,19?,20+,22?,23?,24?,25-/m0/s1. The fourth-order valence-corrected chi connectivity index (χ4v) is 5.21. The molecule has 1 aliphatic carbocycles. The molecular weight excluding hydrogens is 412 g/mol. The first-order chi connectivity index (χ1) is 15.0. The Balaban J connectivity index is 1.67. The van der Waals surface area contributed by atoms with E-state index in [1.165, 1.54) is 12.5 Å². The number of ether oxygens (including phenoxy) is 5. The third-order valence-corrected chi connectivity index (χ3v) is 7.39. The predicted molar refractivity (Wildman–Crippen MR) is 119 cm³/mol. The highest BCUT2D eigenvalue weighted by atomic mass is 16.6. The molecule has 32 heavy (non-hydrogen) atoms. The second-order valence-corrected chi connectivity index (χ2v) is 10.4. The van der Waals surface area contributed by atoms with Gasteiger partial charge < -0.3 is 23.7 Å². The molecule has 0 aromatic rings. The number of hydrogen-bond donors (Lipinski definition) is 0. The summed E-state index contributed by atoms with van der Waals surface area (Å²) in [4.78, 5) is 24.0. The molecule has 4 unspecified atom stereocenters. The monoisotopic (exact) mass is 452 g/mol. The number of hydrogen-bond acceptors (Lipinski definition) is 7. The summed E-state index contributed by atoms with van der Waals surface area (Å²) in [6.07, 6.45) is 4.27. The largest absolute Gasteiger partial charge is 0.466 e. The van der Waals surface area contributed by atoms with Gasteiger partial charge in [0, 0.05) is 20.0 Å². The highest BCUT2D eigenvalue weighted by molar-refractivity contribution is 5.70. The zero-order chi connectivity index (χ0) is 23.7. The van der Waals surface area contributed by atoms with Crippen LogP contribution in [0.5, 0.6) is 0 Å². The van der Waals surface area contributed by atoms with E-state index < -0.39 is 0 Å². The van der Waals surface area contributed by atoms with E-state index in [4.69, 9.17) is 23.7 Å². The van der Waals surface area contributed by atoms with E-state index in [-0.39, 0.29) is 72.2 Å². The van der Waals surface area contributed by atoms with Gasteiger partial charge in [-0.05, 0) is 46.0 Å². The van der Waals surface area contributed by atoms with Crippen molar-refractivity contribution >= 4 is 11.9 Å². The topological polar surface area (TPSA) is 86.9 Å². The van der Waals surface area contributed by atoms with E-state index in [2.05, 4.69) is 26.8 Å². The Bertz CT molecular complexity index is 722. The minimum Gasteiger partial charge on any atom is -0.466 e. The number of carbonyl (C=O) groups is 2. The summed E-state index contributed by atoms with van der Waals surface area (Å²) in [6.45, 7) is 12.6. The Hall–Kier alpha value is -1.44. The van der Waals surface area contributed by atoms with Crippen LogP contribution in [0.25, 0.3) is 0 Å². The fourth-order valence-electron chi connectivity index (χ4n) is 5.21. The molecule has 3 aliphatic rings. The molecule has 3 fully saturated rings. The van der Waals surface area contributed by atoms with Gasteiger partial charge in [-0.3, -0.25) is 9.59 Å². The van der Waals surface area contributed by atoms with Gasteiger partial charge in [0.25, 0.3) is 0 Å². The predicted octanol–water partition coefficient (Wildman–Crippen LogP) is 3.83. The number of rotatable bonds is 10. The lowest BCUT2D eigenvalue weighted by Crippen LogP contribution is -2.55. The van der Waals surface area contributed by atoms with E-state index in [9.17, 15) is 9.59 Å². The highest BCUT2D eigenvalue weighted by Gasteiger charge is 2.72. The Morgan fingerprint density at radius 1 is 1.22 bits per heavy atom. The van der Waals surface area contributed by atoms with Crippen molar-refractivity contribution in [3.05, 3.63) is 11.6 Å². The van der Waals surface area contributed by atoms with Gasteiger partial charge in [0.15, 0.2) is 0 Å². The summed E-state index contributed by atoms with van der Waals surface area (Å²) < 4.78 is 29.2. The van der Waals surface area contributed by atoms with Gasteiger partial charge in [-0.25, -0.2) is 0 Å². The quantitative estimate of drug-likeness (QED) is 0.283. The van der Waals surface area contributed by atoms with Gasteiger partial charge in [-0.2, -0.15) is 0 Å². The molecule has 2 saturated heterocycles. The lowest BCUT2D eigenvalue weighted by molar-refractivity contribution is -0.174. The number of carbonyl (C=O) groups excluding carboxylic acids is 2. The van der Waals surface area contributed by atoms with Crippen LogP contribution in [0.3, 0.4) is 0 Å². The van der Waals surface area contributed by atoms with Crippen LogP contribution in [0.15, 0.2) is 11.6 Å². The zero-order valence-corrected chi connectivity index (χ0v) is 20.6. The van der Waals surface area contributed by atoms with Crippen molar-refractivity contribution in [2.75, 3.05) is 20.3 Å². The molecule has 182 valence electrons. The Labute approximate surface area is 192 Å². The molecular formula is C25H40O7. The van der Waals surface area contributed by atoms with Crippen molar-refractivity contribution in [2.24, 2.45) is 17.8 Å². The molecule has 0 aromatic carbocycles. The molecule has 7 nitrogen and oxygen atoms in total. The lowest BCUT2D eigenvalue weighted by Gasteiger charge is -2.42. The summed E-state index contributed by atoms with van der Waals surface area (Å²) in [6, 6.07) is 0. The highest BCUT2D eigenvalue weighted by Crippen LogP contribution is 2.59. The maximum atomic E-state index is 12.8. The summed E-state index contributed by atoms with van der Waals surface area (Å²) in [7, 11) is 1.67. The number of allylic oxidation sites excluding steroid dienone is 1. The molecule has 0 N–H and O–H groups in total. The molecule has 7 atom stereocenters. The van der Waals surface area contributed by atoms with Gasteiger partial charge in [0.2, 0.25) is 0 Å². The van der Waals surface area contributed by atoms with Crippen LogP contribution in [0.4, 0.5) is 0 Å². The second kappa shape index (κ2) is 9.82. The van der Waals surface area contributed by atoms with Crippen LogP contribution in [-0.2, 0) is 33.3 Å². The van der Waals surface area contributed by atoms with E-state index in [0.717, 1.165) is 12.8 Å². The Morgan fingerprint density at radius 3 is 2.44 bits per heavy atom. The molecule has 2 aliphatic heterocycles. The molecule has 1 saturated carbocycles. The molecule has 3 rings (SSSR count). The second-order valence-electron chi connectivity index (χ2n) is 10.4. The number of esters is 2. The van der Waals surface area contributed by atoms with Gasteiger partial charge >= 0.3 is 11.9 Å². The minimum atomic E-state index is -0.357. The first-order valence-electron chi connectivity index (χ1n) is 11.8. The summed E-state index contributed by atoms with van der Waals surface area (Å²) >= 11 is 0. The average Bonchev–Trinajstić information content (AvgIpc) is 3.62. The Morgan fingerprint density at radius 2 is 1.91 bits per heavy atom. The summed E-state index contributed by atoms with van der Waals surface area (Å²) in [5.74, 6) is -0.505. The van der Waals surface area contributed by atoms with E-state index in [0.29, 0.717) is 13.0 Å². The van der Waals surface area contributed by atoms with Gasteiger partial charge in [0.05, 0.1) is 31.7 Å². The van der Waals surface area contributed by atoms with E-state index >= 15 is 0 Å². The summed E-state index contributed by atoms with van der Waals surface area (Å²) in [5.41, 5.74) is 0.671. The average molecular weight is 453 g/mol. The SMILES string of the molecule is COC1C(OC(=O)C[C@@H](COC(C)=O)C(C)C)CC[C@]2(CO2)C1C1(C)O[C@@H]1CC=C(C)C. The van der Waals surface area contributed by atoms with Crippen LogP contribution in [0, 0.1) is 17.8 Å². The van der Waals surface area contributed by atoms with Gasteiger partial charge in [-0.15, -0.1) is 0 Å². The van der Waals surface area contributed by atoms with Crippen LogP contribution >= 0.6 is 0 Å². The molecule has 7 heteroatoms. The van der Waals surface area contributed by atoms with Crippen molar-refractivity contribution < 1.29 is 33.3 Å². The van der Waals surface area contributed by atoms with Crippen LogP contribution in [-0.4, -0.2) is 61.8 Å². The lowest BCUT2D eigenvalue weighted by atomic mass is 9.68. The fraction of sp³-hybridized carbons (Fsp3) is 0.840. The van der Waals surface area contributed by atoms with Crippen LogP contribution < -0.4 is 0 Å². The minimum absolute atomic E-state index is 0.00375. The molecule has 0 amide bonds. The molecule has 1 spiro atoms. The number of methoxy groups -OCH3 is 1. The maximum Gasteiger partial charge on any atom is 0.306 e. The van der Waals surface area contributed by atoms with Crippen molar-refractivity contribution in [1.82, 2.24) is 0 Å². The third kappa shape index (κ3) is 5.54. The third-order valence-electron chi connectivity index (χ3n) is 7.39. The maximum absolute atomic E-state index is 12.8. The van der Waals surface area contributed by atoms with Gasteiger partial charge in [0.1, 0.15) is 23.4 Å². The molecule has 2 heterocycles. The van der Waals surface area contributed by atoms with Crippen molar-refractivity contribution in [2.45, 2.75) is 96.7 Å².